The highest BCUT2D eigenvalue weighted by Gasteiger charge is 2.27. The van der Waals surface area contributed by atoms with Crippen molar-refractivity contribution in [1.82, 2.24) is 0 Å². The van der Waals surface area contributed by atoms with E-state index in [0.29, 0.717) is 12.1 Å². The molecule has 0 saturated carbocycles. The fraction of sp³-hybridized carbons (Fsp3) is 0.455. The van der Waals surface area contributed by atoms with Gasteiger partial charge in [-0.1, -0.05) is 20.8 Å². The van der Waals surface area contributed by atoms with Gasteiger partial charge in [0.25, 0.3) is 0 Å². The number of aliphatic hydroxyl groups is 1. The summed E-state index contributed by atoms with van der Waals surface area (Å²) in [4.78, 5) is 0. The third kappa shape index (κ3) is 2.50. The average molecular weight is 218 g/mol. The molecule has 1 nitrogen and oxygen atoms in total. The Hall–Kier alpha value is -1.03. The van der Waals surface area contributed by atoms with E-state index in [-0.39, 0.29) is 5.56 Å². The fourth-order valence-corrected chi connectivity index (χ4v) is 1.21. The van der Waals surface area contributed by atoms with Crippen molar-refractivity contribution >= 4 is 0 Å². The van der Waals surface area contributed by atoms with Crippen molar-refractivity contribution in [3.05, 3.63) is 35.1 Å². The van der Waals surface area contributed by atoms with E-state index in [4.69, 9.17) is 0 Å². The maximum Gasteiger partial charge on any atom is 0.161 e. The molecular formula is C11H13F3O. The molecule has 0 fully saturated rings. The predicted octanol–water partition coefficient (Wildman–Crippen LogP) is 3.18. The molecule has 84 valence electrons. The molecule has 1 aromatic carbocycles. The molecule has 1 atom stereocenters. The molecule has 0 aliphatic rings. The Labute approximate surface area is 86.5 Å². The molecule has 0 aliphatic carbocycles. The molecule has 0 spiro atoms. The Bertz CT molecular complexity index is 369. The second-order valence-electron chi connectivity index (χ2n) is 4.56. The lowest BCUT2D eigenvalue weighted by Gasteiger charge is -2.26. The third-order valence-electron chi connectivity index (χ3n) is 2.15. The van der Waals surface area contributed by atoms with Gasteiger partial charge in [0, 0.05) is 11.6 Å². The summed E-state index contributed by atoms with van der Waals surface area (Å²) in [6.45, 7) is 5.04. The molecule has 1 N–H and O–H groups in total. The minimum Gasteiger partial charge on any atom is -0.388 e. The second-order valence-corrected chi connectivity index (χ2v) is 4.56. The van der Waals surface area contributed by atoms with Gasteiger partial charge in [-0.05, 0) is 11.5 Å². The highest BCUT2D eigenvalue weighted by atomic mass is 19.2. The first-order chi connectivity index (χ1) is 6.73. The molecule has 1 rings (SSSR count). The van der Waals surface area contributed by atoms with E-state index < -0.39 is 29.0 Å². The van der Waals surface area contributed by atoms with Crippen LogP contribution in [-0.2, 0) is 0 Å². The standard InChI is InChI=1S/C11H13F3O/c1-11(2,3)10(15)6-4-8(13)9(14)5-7(6)12/h4-5,10,15H,1-3H3. The zero-order valence-electron chi connectivity index (χ0n) is 8.81. The third-order valence-corrected chi connectivity index (χ3v) is 2.15. The number of halogens is 3. The van der Waals surface area contributed by atoms with Crippen LogP contribution in [-0.4, -0.2) is 5.11 Å². The number of benzene rings is 1. The Morgan fingerprint density at radius 1 is 1.00 bits per heavy atom. The highest BCUT2D eigenvalue weighted by molar-refractivity contribution is 5.23. The Morgan fingerprint density at radius 2 is 1.47 bits per heavy atom. The van der Waals surface area contributed by atoms with Crippen molar-refractivity contribution in [3.63, 3.8) is 0 Å². The minimum absolute atomic E-state index is 0.221. The van der Waals surface area contributed by atoms with Gasteiger partial charge >= 0.3 is 0 Å². The first kappa shape index (κ1) is 12.0. The molecular weight excluding hydrogens is 205 g/mol. The van der Waals surface area contributed by atoms with Gasteiger partial charge in [-0.3, -0.25) is 0 Å². The van der Waals surface area contributed by atoms with Crippen molar-refractivity contribution in [1.29, 1.82) is 0 Å². The normalized spacial score (nSPS) is 14.1. The van der Waals surface area contributed by atoms with Gasteiger partial charge in [0.2, 0.25) is 0 Å². The molecule has 15 heavy (non-hydrogen) atoms. The summed E-state index contributed by atoms with van der Waals surface area (Å²) in [6.07, 6.45) is -1.17. The van der Waals surface area contributed by atoms with Gasteiger partial charge < -0.3 is 5.11 Å². The van der Waals surface area contributed by atoms with Gasteiger partial charge in [-0.2, -0.15) is 0 Å². The maximum absolute atomic E-state index is 13.2. The number of aliphatic hydroxyl groups excluding tert-OH is 1. The van der Waals surface area contributed by atoms with Gasteiger partial charge in [0.05, 0.1) is 6.10 Å². The monoisotopic (exact) mass is 218 g/mol. The van der Waals surface area contributed by atoms with Crippen molar-refractivity contribution in [3.8, 4) is 0 Å². The Morgan fingerprint density at radius 3 is 1.93 bits per heavy atom. The summed E-state index contributed by atoms with van der Waals surface area (Å²) in [5.41, 5.74) is -0.855. The topological polar surface area (TPSA) is 20.2 Å². The lowest BCUT2D eigenvalue weighted by atomic mass is 9.84. The van der Waals surface area contributed by atoms with Crippen LogP contribution >= 0.6 is 0 Å². The van der Waals surface area contributed by atoms with E-state index in [2.05, 4.69) is 0 Å². The Balaban J connectivity index is 3.21. The van der Waals surface area contributed by atoms with E-state index in [9.17, 15) is 18.3 Å². The SMILES string of the molecule is CC(C)(C)C(O)c1cc(F)c(F)cc1F. The zero-order chi connectivity index (χ0) is 11.8. The summed E-state index contributed by atoms with van der Waals surface area (Å²) in [5.74, 6) is -3.34. The van der Waals surface area contributed by atoms with Crippen LogP contribution in [0.5, 0.6) is 0 Å². The number of hydrogen-bond acceptors (Lipinski definition) is 1. The van der Waals surface area contributed by atoms with Gasteiger partial charge in [-0.25, -0.2) is 13.2 Å². The second kappa shape index (κ2) is 3.85. The van der Waals surface area contributed by atoms with Crippen LogP contribution < -0.4 is 0 Å². The van der Waals surface area contributed by atoms with Crippen LogP contribution in [0.2, 0.25) is 0 Å². The molecule has 4 heteroatoms. The fourth-order valence-electron chi connectivity index (χ4n) is 1.21. The summed E-state index contributed by atoms with van der Waals surface area (Å²) in [6, 6.07) is 1.14. The molecule has 0 heterocycles. The highest BCUT2D eigenvalue weighted by Crippen LogP contribution is 2.34. The van der Waals surface area contributed by atoms with Crippen molar-refractivity contribution in [2.45, 2.75) is 26.9 Å². The van der Waals surface area contributed by atoms with Crippen LogP contribution in [0.1, 0.15) is 32.4 Å². The molecule has 0 saturated heterocycles. The number of rotatable bonds is 1. The zero-order valence-corrected chi connectivity index (χ0v) is 8.81. The molecule has 0 aliphatic heterocycles. The quantitative estimate of drug-likeness (QED) is 0.718. The largest absolute Gasteiger partial charge is 0.388 e. The first-order valence-corrected chi connectivity index (χ1v) is 4.56. The lowest BCUT2D eigenvalue weighted by molar-refractivity contribution is 0.0590. The summed E-state index contributed by atoms with van der Waals surface area (Å²) in [5, 5.41) is 9.72. The predicted molar refractivity (Wildman–Crippen MR) is 50.7 cm³/mol. The Kier molecular flexibility index (Phi) is 3.09. The van der Waals surface area contributed by atoms with Crippen molar-refractivity contribution in [2.24, 2.45) is 5.41 Å². The van der Waals surface area contributed by atoms with Crippen LogP contribution in [0, 0.1) is 22.9 Å². The van der Waals surface area contributed by atoms with E-state index in [0.717, 1.165) is 0 Å². The van der Waals surface area contributed by atoms with Crippen molar-refractivity contribution in [2.75, 3.05) is 0 Å². The van der Waals surface area contributed by atoms with E-state index >= 15 is 0 Å². The molecule has 0 radical (unpaired) electrons. The van der Waals surface area contributed by atoms with Crippen molar-refractivity contribution < 1.29 is 18.3 Å². The minimum atomic E-state index is -1.25. The number of hydrogen-bond donors (Lipinski definition) is 1. The summed E-state index contributed by atoms with van der Waals surface area (Å²) < 4.78 is 38.7. The van der Waals surface area contributed by atoms with Gasteiger partial charge in [0.15, 0.2) is 11.6 Å². The van der Waals surface area contributed by atoms with Crippen LogP contribution in [0.25, 0.3) is 0 Å². The maximum atomic E-state index is 13.2. The van der Waals surface area contributed by atoms with Gasteiger partial charge in [-0.15, -0.1) is 0 Å². The summed E-state index contributed by atoms with van der Waals surface area (Å²) >= 11 is 0. The van der Waals surface area contributed by atoms with Gasteiger partial charge in [0.1, 0.15) is 5.82 Å². The molecule has 0 aromatic heterocycles. The van der Waals surface area contributed by atoms with Crippen LogP contribution in [0.4, 0.5) is 13.2 Å². The van der Waals surface area contributed by atoms with E-state index in [1.54, 1.807) is 20.8 Å². The molecule has 1 unspecified atom stereocenters. The van der Waals surface area contributed by atoms with Crippen LogP contribution in [0.3, 0.4) is 0 Å². The van der Waals surface area contributed by atoms with Crippen LogP contribution in [0.15, 0.2) is 12.1 Å². The molecule has 0 bridgehead atoms. The first-order valence-electron chi connectivity index (χ1n) is 4.56. The smallest absolute Gasteiger partial charge is 0.161 e. The molecule has 1 aromatic rings. The lowest BCUT2D eigenvalue weighted by Crippen LogP contribution is -2.19. The van der Waals surface area contributed by atoms with E-state index in [1.807, 2.05) is 0 Å². The average Bonchev–Trinajstić information content (AvgIpc) is 2.08. The molecule has 0 amide bonds. The summed E-state index contributed by atoms with van der Waals surface area (Å²) in [7, 11) is 0. The van der Waals surface area contributed by atoms with E-state index in [1.165, 1.54) is 0 Å².